The molecule has 1 aliphatic rings. The predicted molar refractivity (Wildman–Crippen MR) is 96.1 cm³/mol. The number of urea groups is 1. The number of amides is 3. The third-order valence-corrected chi connectivity index (χ3v) is 5.31. The van der Waals surface area contributed by atoms with Gasteiger partial charge >= 0.3 is 6.03 Å². The Balaban J connectivity index is 2.02. The minimum absolute atomic E-state index is 0.0339. The Morgan fingerprint density at radius 3 is 2.36 bits per heavy atom. The lowest BCUT2D eigenvalue weighted by molar-refractivity contribution is -0.134. The maximum Gasteiger partial charge on any atom is 0.325 e. The first-order valence-corrected chi connectivity index (χ1v) is 8.28. The van der Waals surface area contributed by atoms with E-state index >= 15 is 0 Å². The van der Waals surface area contributed by atoms with E-state index in [-0.39, 0.29) is 18.0 Å². The molecule has 1 aromatic heterocycles. The molecule has 2 aromatic rings. The molecule has 25 heavy (non-hydrogen) atoms. The SMILES string of the molecule is Cn1c(=O)c(CN2C(=O)N[C@@](C)(C(C)(C)C)C2=O)cc2ccccc21. The molecule has 1 saturated heterocycles. The zero-order valence-electron chi connectivity index (χ0n) is 15.2. The highest BCUT2D eigenvalue weighted by molar-refractivity contribution is 6.07. The number of nitrogens with one attached hydrogen (secondary N) is 1. The molecule has 1 aliphatic heterocycles. The van der Waals surface area contributed by atoms with E-state index in [1.165, 1.54) is 0 Å². The van der Waals surface area contributed by atoms with Gasteiger partial charge in [0.05, 0.1) is 12.1 Å². The van der Waals surface area contributed by atoms with Crippen molar-refractivity contribution in [2.45, 2.75) is 39.8 Å². The second kappa shape index (κ2) is 5.44. The molecule has 6 heteroatoms. The number of aryl methyl sites for hydroxylation is 1. The number of hydrogen-bond donors (Lipinski definition) is 1. The zero-order valence-corrected chi connectivity index (χ0v) is 15.2. The summed E-state index contributed by atoms with van der Waals surface area (Å²) in [6.45, 7) is 7.41. The number of imide groups is 1. The van der Waals surface area contributed by atoms with Crippen LogP contribution in [0.3, 0.4) is 0 Å². The van der Waals surface area contributed by atoms with Gasteiger partial charge in [0.1, 0.15) is 5.54 Å². The number of fused-ring (bicyclic) bond motifs is 1. The van der Waals surface area contributed by atoms with Gasteiger partial charge in [0.2, 0.25) is 0 Å². The predicted octanol–water partition coefficient (Wildman–Crippen LogP) is 2.40. The van der Waals surface area contributed by atoms with Crippen molar-refractivity contribution in [1.82, 2.24) is 14.8 Å². The number of hydrogen-bond acceptors (Lipinski definition) is 3. The molecule has 0 unspecified atom stereocenters. The van der Waals surface area contributed by atoms with Crippen molar-refractivity contribution >= 4 is 22.8 Å². The van der Waals surface area contributed by atoms with Crippen LogP contribution in [-0.2, 0) is 18.4 Å². The molecular weight excluding hydrogens is 318 g/mol. The van der Waals surface area contributed by atoms with Crippen LogP contribution in [0.1, 0.15) is 33.3 Å². The van der Waals surface area contributed by atoms with E-state index in [1.54, 1.807) is 24.6 Å². The fourth-order valence-electron chi connectivity index (χ4n) is 3.12. The van der Waals surface area contributed by atoms with Crippen molar-refractivity contribution in [1.29, 1.82) is 0 Å². The van der Waals surface area contributed by atoms with Gasteiger partial charge in [-0.2, -0.15) is 0 Å². The first-order valence-electron chi connectivity index (χ1n) is 8.28. The molecule has 6 nitrogen and oxygen atoms in total. The third kappa shape index (κ3) is 2.52. The third-order valence-electron chi connectivity index (χ3n) is 5.31. The normalized spacial score (nSPS) is 21.1. The van der Waals surface area contributed by atoms with Gasteiger partial charge in [-0.1, -0.05) is 39.0 Å². The van der Waals surface area contributed by atoms with E-state index in [9.17, 15) is 14.4 Å². The number of benzene rings is 1. The van der Waals surface area contributed by atoms with E-state index in [0.717, 1.165) is 15.8 Å². The van der Waals surface area contributed by atoms with Gasteiger partial charge in [0.25, 0.3) is 11.5 Å². The van der Waals surface area contributed by atoms with Crippen molar-refractivity contribution in [3.63, 3.8) is 0 Å². The van der Waals surface area contributed by atoms with E-state index in [4.69, 9.17) is 0 Å². The number of pyridine rings is 1. The van der Waals surface area contributed by atoms with Gasteiger partial charge < -0.3 is 9.88 Å². The lowest BCUT2D eigenvalue weighted by atomic mass is 9.75. The van der Waals surface area contributed by atoms with Crippen LogP contribution < -0.4 is 10.9 Å². The number of carbonyl (C=O) groups is 2. The Kier molecular flexibility index (Phi) is 3.74. The molecule has 1 atom stereocenters. The molecule has 0 saturated carbocycles. The fourth-order valence-corrected chi connectivity index (χ4v) is 3.12. The monoisotopic (exact) mass is 341 g/mol. The first-order chi connectivity index (χ1) is 11.6. The fraction of sp³-hybridized carbons (Fsp3) is 0.421. The molecule has 0 aliphatic carbocycles. The molecule has 1 fully saturated rings. The van der Waals surface area contributed by atoms with E-state index < -0.39 is 17.0 Å². The van der Waals surface area contributed by atoms with E-state index in [1.807, 2.05) is 45.0 Å². The average Bonchev–Trinajstić information content (AvgIpc) is 2.76. The van der Waals surface area contributed by atoms with Crippen LogP contribution in [0, 0.1) is 5.41 Å². The maximum absolute atomic E-state index is 12.9. The standard InChI is InChI=1S/C19H23N3O3/c1-18(2,3)19(4)16(24)22(17(25)20-19)11-13-10-12-8-6-7-9-14(12)21(5)15(13)23/h6-10H,11H2,1-5H3,(H,20,25)/t19-/m1/s1. The molecule has 132 valence electrons. The summed E-state index contributed by atoms with van der Waals surface area (Å²) in [6.07, 6.45) is 0. The van der Waals surface area contributed by atoms with Gasteiger partial charge in [0.15, 0.2) is 0 Å². The van der Waals surface area contributed by atoms with Crippen molar-refractivity contribution < 1.29 is 9.59 Å². The number of nitrogens with zero attached hydrogens (tertiary/aromatic N) is 2. The first kappa shape index (κ1) is 17.2. The topological polar surface area (TPSA) is 71.4 Å². The Hall–Kier alpha value is -2.63. The molecule has 0 spiro atoms. The molecule has 1 aromatic carbocycles. The second-order valence-electron chi connectivity index (χ2n) is 7.79. The Morgan fingerprint density at radius 1 is 1.12 bits per heavy atom. The van der Waals surface area contributed by atoms with Crippen LogP contribution in [0.2, 0.25) is 0 Å². The number of rotatable bonds is 2. The second-order valence-corrected chi connectivity index (χ2v) is 7.79. The van der Waals surface area contributed by atoms with Crippen LogP contribution >= 0.6 is 0 Å². The Morgan fingerprint density at radius 2 is 1.76 bits per heavy atom. The van der Waals surface area contributed by atoms with Crippen LogP contribution in [0.5, 0.6) is 0 Å². The Labute approximate surface area is 146 Å². The highest BCUT2D eigenvalue weighted by Crippen LogP contribution is 2.35. The highest BCUT2D eigenvalue weighted by Gasteiger charge is 2.54. The molecular formula is C19H23N3O3. The van der Waals surface area contributed by atoms with Gasteiger partial charge in [-0.3, -0.25) is 14.5 Å². The van der Waals surface area contributed by atoms with Gasteiger partial charge in [-0.15, -0.1) is 0 Å². The molecule has 0 radical (unpaired) electrons. The summed E-state index contributed by atoms with van der Waals surface area (Å²) in [5.41, 5.74) is -0.408. The van der Waals surface area contributed by atoms with Gasteiger partial charge in [-0.25, -0.2) is 4.79 Å². The minimum Gasteiger partial charge on any atom is -0.323 e. The smallest absolute Gasteiger partial charge is 0.323 e. The average molecular weight is 341 g/mol. The number of aromatic nitrogens is 1. The summed E-state index contributed by atoms with van der Waals surface area (Å²) in [4.78, 5) is 39.0. The van der Waals surface area contributed by atoms with Crippen LogP contribution in [0.15, 0.2) is 35.1 Å². The summed E-state index contributed by atoms with van der Waals surface area (Å²) in [5.74, 6) is -0.305. The van der Waals surface area contributed by atoms with Crippen molar-refractivity contribution in [2.75, 3.05) is 0 Å². The van der Waals surface area contributed by atoms with Crippen molar-refractivity contribution in [3.8, 4) is 0 Å². The summed E-state index contributed by atoms with van der Waals surface area (Å²) < 4.78 is 1.55. The Bertz CT molecular complexity index is 939. The molecule has 3 rings (SSSR count). The lowest BCUT2D eigenvalue weighted by Crippen LogP contribution is -2.54. The van der Waals surface area contributed by atoms with E-state index in [2.05, 4.69) is 5.32 Å². The minimum atomic E-state index is -0.994. The quantitative estimate of drug-likeness (QED) is 0.853. The van der Waals surface area contributed by atoms with Crippen molar-refractivity contribution in [2.24, 2.45) is 12.5 Å². The maximum atomic E-state index is 12.9. The molecule has 2 heterocycles. The summed E-state index contributed by atoms with van der Waals surface area (Å²) in [5, 5.41) is 3.68. The van der Waals surface area contributed by atoms with Crippen LogP contribution in [-0.4, -0.2) is 26.9 Å². The highest BCUT2D eigenvalue weighted by atomic mass is 16.2. The summed E-state index contributed by atoms with van der Waals surface area (Å²) in [7, 11) is 1.69. The summed E-state index contributed by atoms with van der Waals surface area (Å²) in [6, 6.07) is 8.83. The van der Waals surface area contributed by atoms with E-state index in [0.29, 0.717) is 5.56 Å². The molecule has 3 amide bonds. The molecule has 0 bridgehead atoms. The zero-order chi connectivity index (χ0) is 18.6. The van der Waals surface area contributed by atoms with Crippen LogP contribution in [0.4, 0.5) is 4.79 Å². The number of para-hydroxylation sites is 1. The van der Waals surface area contributed by atoms with Gasteiger partial charge in [0, 0.05) is 12.6 Å². The summed E-state index contributed by atoms with van der Waals surface area (Å²) >= 11 is 0. The largest absolute Gasteiger partial charge is 0.325 e. The van der Waals surface area contributed by atoms with Gasteiger partial charge in [-0.05, 0) is 29.9 Å². The molecule has 1 N–H and O–H groups in total. The number of carbonyl (C=O) groups excluding carboxylic acids is 2. The van der Waals surface area contributed by atoms with Crippen LogP contribution in [0.25, 0.3) is 10.9 Å². The van der Waals surface area contributed by atoms with Crippen molar-refractivity contribution in [3.05, 3.63) is 46.2 Å². The lowest BCUT2D eigenvalue weighted by Gasteiger charge is -2.35.